The molecule has 1 N–H and O–H groups in total. The maximum atomic E-state index is 11.6. The largest absolute Gasteiger partial charge is 0.375 e. The van der Waals surface area contributed by atoms with E-state index in [4.69, 9.17) is 11.6 Å². The fourth-order valence-corrected chi connectivity index (χ4v) is 0.757. The van der Waals surface area contributed by atoms with E-state index in [0.29, 0.717) is 6.54 Å². The second-order valence-corrected chi connectivity index (χ2v) is 3.55. The zero-order chi connectivity index (χ0) is 11.0. The number of carbonyl (C=O) groups is 1. The molecule has 14 heavy (non-hydrogen) atoms. The minimum Gasteiger partial charge on any atom is -0.375 e. The summed E-state index contributed by atoms with van der Waals surface area (Å²) in [6.07, 6.45) is -2.41. The van der Waals surface area contributed by atoms with Crippen molar-refractivity contribution in [1.82, 2.24) is 5.32 Å². The second-order valence-electron chi connectivity index (χ2n) is 2.80. The fourth-order valence-electron chi connectivity index (χ4n) is 0.680. The number of amides is 1. The van der Waals surface area contributed by atoms with Crippen LogP contribution in [0, 0.1) is 0 Å². The first-order valence-corrected chi connectivity index (χ1v) is 4.72. The number of rotatable bonds is 7. The lowest BCUT2D eigenvalue weighted by atomic mass is 10.4. The highest BCUT2D eigenvalue weighted by Gasteiger charge is 2.05. The van der Waals surface area contributed by atoms with Gasteiger partial charge < -0.3 is 10.1 Å². The summed E-state index contributed by atoms with van der Waals surface area (Å²) < 4.78 is 27.7. The summed E-state index contributed by atoms with van der Waals surface area (Å²) in [7, 11) is 0. The van der Waals surface area contributed by atoms with E-state index >= 15 is 0 Å². The van der Waals surface area contributed by atoms with Gasteiger partial charge in [-0.15, -0.1) is 11.6 Å². The van der Waals surface area contributed by atoms with Crippen LogP contribution >= 0.6 is 11.6 Å². The monoisotopic (exact) mass is 229 g/mol. The van der Waals surface area contributed by atoms with E-state index in [9.17, 15) is 13.6 Å². The first kappa shape index (κ1) is 13.6. The Kier molecular flexibility index (Phi) is 7.70. The molecule has 1 amide bonds. The van der Waals surface area contributed by atoms with Crippen LogP contribution in [0.5, 0.6) is 0 Å². The normalized spacial score (nSPS) is 12.9. The van der Waals surface area contributed by atoms with E-state index in [1.165, 1.54) is 0 Å². The fraction of sp³-hybridized carbons (Fsp3) is 0.875. The number of nitrogens with one attached hydrogen (secondary N) is 1. The van der Waals surface area contributed by atoms with Gasteiger partial charge in [0.2, 0.25) is 5.91 Å². The van der Waals surface area contributed by atoms with Gasteiger partial charge in [-0.2, -0.15) is 0 Å². The lowest BCUT2D eigenvalue weighted by Gasteiger charge is -2.06. The average Bonchev–Trinajstić information content (AvgIpc) is 2.08. The highest BCUT2D eigenvalue weighted by atomic mass is 35.5. The first-order chi connectivity index (χ1) is 6.52. The van der Waals surface area contributed by atoms with E-state index < -0.39 is 13.0 Å². The third kappa shape index (κ3) is 9.67. The van der Waals surface area contributed by atoms with Crippen LogP contribution in [0.2, 0.25) is 0 Å². The molecule has 0 aliphatic carbocycles. The van der Waals surface area contributed by atoms with Crippen LogP contribution < -0.4 is 5.32 Å². The van der Waals surface area contributed by atoms with Crippen LogP contribution in [-0.2, 0) is 9.53 Å². The number of halogens is 3. The van der Waals surface area contributed by atoms with Gasteiger partial charge in [0.05, 0.1) is 6.61 Å². The van der Waals surface area contributed by atoms with Crippen LogP contribution in [0.15, 0.2) is 0 Å². The third-order valence-electron chi connectivity index (χ3n) is 1.30. The number of ether oxygens (including phenoxy) is 1. The molecular formula is C8H14ClF2NO2. The zero-order valence-corrected chi connectivity index (χ0v) is 8.69. The number of hydrogen-bond donors (Lipinski definition) is 1. The van der Waals surface area contributed by atoms with Crippen molar-refractivity contribution in [1.29, 1.82) is 0 Å². The van der Waals surface area contributed by atoms with Crippen molar-refractivity contribution in [2.24, 2.45) is 0 Å². The first-order valence-electron chi connectivity index (χ1n) is 4.29. The molecule has 1 atom stereocenters. The van der Waals surface area contributed by atoms with Gasteiger partial charge in [-0.25, -0.2) is 8.78 Å². The summed E-state index contributed by atoms with van der Waals surface area (Å²) in [5, 5.41) is 2.39. The molecule has 0 radical (unpaired) electrons. The molecule has 0 heterocycles. The van der Waals surface area contributed by atoms with Gasteiger partial charge in [-0.1, -0.05) is 0 Å². The molecule has 6 heteroatoms. The van der Waals surface area contributed by atoms with Gasteiger partial charge in [0.15, 0.2) is 0 Å². The molecule has 0 rings (SSSR count). The second kappa shape index (κ2) is 7.94. The maximum Gasteiger partial charge on any atom is 0.261 e. The van der Waals surface area contributed by atoms with Gasteiger partial charge in [-0.05, 0) is 6.92 Å². The summed E-state index contributed by atoms with van der Waals surface area (Å²) in [5.41, 5.74) is 0. The minimum atomic E-state index is -2.49. The van der Waals surface area contributed by atoms with Gasteiger partial charge in [0.25, 0.3) is 6.43 Å². The van der Waals surface area contributed by atoms with Crippen LogP contribution in [0.1, 0.15) is 13.3 Å². The highest BCUT2D eigenvalue weighted by Crippen LogP contribution is 1.94. The smallest absolute Gasteiger partial charge is 0.261 e. The number of hydrogen-bond acceptors (Lipinski definition) is 2. The molecule has 0 aromatic heterocycles. The summed E-state index contributed by atoms with van der Waals surface area (Å²) in [5.74, 6) is -0.244. The molecule has 1 unspecified atom stereocenters. The van der Waals surface area contributed by atoms with Crippen molar-refractivity contribution in [3.05, 3.63) is 0 Å². The van der Waals surface area contributed by atoms with Crippen LogP contribution in [0.25, 0.3) is 0 Å². The Labute approximate surface area is 86.8 Å². The van der Waals surface area contributed by atoms with Crippen LogP contribution in [0.4, 0.5) is 8.78 Å². The molecule has 0 aromatic rings. The Morgan fingerprint density at radius 1 is 1.57 bits per heavy atom. The van der Waals surface area contributed by atoms with Gasteiger partial charge in [0, 0.05) is 18.3 Å². The number of alkyl halides is 3. The molecule has 0 saturated heterocycles. The molecule has 0 spiro atoms. The van der Waals surface area contributed by atoms with E-state index in [1.54, 1.807) is 6.92 Å². The van der Waals surface area contributed by atoms with E-state index in [0.717, 1.165) is 0 Å². The van der Waals surface area contributed by atoms with E-state index in [-0.39, 0.29) is 24.3 Å². The maximum absolute atomic E-state index is 11.6. The van der Waals surface area contributed by atoms with Crippen LogP contribution in [-0.4, -0.2) is 37.5 Å². The van der Waals surface area contributed by atoms with Crippen molar-refractivity contribution in [2.45, 2.75) is 25.1 Å². The van der Waals surface area contributed by atoms with Gasteiger partial charge in [0.1, 0.15) is 6.61 Å². The molecular weight excluding hydrogens is 216 g/mol. The SMILES string of the molecule is CC(Cl)CNC(=O)CCOCC(F)F. The molecule has 0 fully saturated rings. The summed E-state index contributed by atoms with van der Waals surface area (Å²) >= 11 is 5.58. The van der Waals surface area contributed by atoms with Crippen molar-refractivity contribution in [3.8, 4) is 0 Å². The quantitative estimate of drug-likeness (QED) is 0.530. The molecule has 84 valence electrons. The molecule has 0 aliphatic rings. The molecule has 3 nitrogen and oxygen atoms in total. The average molecular weight is 230 g/mol. The van der Waals surface area contributed by atoms with Crippen molar-refractivity contribution < 1.29 is 18.3 Å². The number of carbonyl (C=O) groups excluding carboxylic acids is 1. The topological polar surface area (TPSA) is 38.3 Å². The standard InChI is InChI=1S/C8H14ClF2NO2/c1-6(9)4-12-8(13)2-3-14-5-7(10)11/h6-7H,2-5H2,1H3,(H,12,13). The van der Waals surface area contributed by atoms with Gasteiger partial charge in [-0.3, -0.25) is 4.79 Å². The molecule has 0 aliphatic heterocycles. The van der Waals surface area contributed by atoms with Crippen LogP contribution in [0.3, 0.4) is 0 Å². The predicted octanol–water partition coefficient (Wildman–Crippen LogP) is 1.40. The predicted molar refractivity (Wildman–Crippen MR) is 49.8 cm³/mol. The van der Waals surface area contributed by atoms with E-state index in [1.807, 2.05) is 0 Å². The van der Waals surface area contributed by atoms with Crippen molar-refractivity contribution in [3.63, 3.8) is 0 Å². The molecule has 0 saturated carbocycles. The Bertz CT molecular complexity index is 167. The van der Waals surface area contributed by atoms with Crippen molar-refractivity contribution >= 4 is 17.5 Å². The lowest BCUT2D eigenvalue weighted by Crippen LogP contribution is -2.29. The Balaban J connectivity index is 3.27. The highest BCUT2D eigenvalue weighted by molar-refractivity contribution is 6.20. The lowest BCUT2D eigenvalue weighted by molar-refractivity contribution is -0.122. The minimum absolute atomic E-state index is 0.00679. The Morgan fingerprint density at radius 2 is 2.21 bits per heavy atom. The zero-order valence-electron chi connectivity index (χ0n) is 7.93. The summed E-state index contributed by atoms with van der Waals surface area (Å²) in [6, 6.07) is 0. The Morgan fingerprint density at radius 3 is 2.71 bits per heavy atom. The van der Waals surface area contributed by atoms with E-state index in [2.05, 4.69) is 10.1 Å². The molecule has 0 aromatic carbocycles. The Hall–Kier alpha value is -0.420. The summed E-state index contributed by atoms with van der Waals surface area (Å²) in [6.45, 7) is 1.50. The van der Waals surface area contributed by atoms with Gasteiger partial charge >= 0.3 is 0 Å². The summed E-state index contributed by atoms with van der Waals surface area (Å²) in [4.78, 5) is 11.0. The van der Waals surface area contributed by atoms with Crippen molar-refractivity contribution in [2.75, 3.05) is 19.8 Å². The molecule has 0 bridgehead atoms. The third-order valence-corrected chi connectivity index (χ3v) is 1.45.